The topological polar surface area (TPSA) is 90.9 Å². The molecule has 0 aromatic heterocycles. The lowest BCUT2D eigenvalue weighted by atomic mass is 10.0. The fraction of sp³-hybridized carbons (Fsp3) is 0.609. The maximum atomic E-state index is 12.8. The van der Waals surface area contributed by atoms with Gasteiger partial charge in [0.1, 0.15) is 18.2 Å². The van der Waals surface area contributed by atoms with Gasteiger partial charge in [0.25, 0.3) is 0 Å². The predicted octanol–water partition coefficient (Wildman–Crippen LogP) is 4.24. The lowest BCUT2D eigenvalue weighted by Crippen LogP contribution is -2.48. The molecule has 1 aromatic rings. The van der Waals surface area contributed by atoms with Crippen molar-refractivity contribution in [3.8, 4) is 0 Å². The number of esters is 2. The van der Waals surface area contributed by atoms with Crippen LogP contribution in [0.4, 0.5) is 4.79 Å². The van der Waals surface area contributed by atoms with E-state index in [-0.39, 0.29) is 18.4 Å². The predicted molar refractivity (Wildman–Crippen MR) is 114 cm³/mol. The highest BCUT2D eigenvalue weighted by Gasteiger charge is 2.33. The fourth-order valence-corrected chi connectivity index (χ4v) is 2.59. The minimum atomic E-state index is -1.05. The summed E-state index contributed by atoms with van der Waals surface area (Å²) in [7, 11) is 0. The van der Waals surface area contributed by atoms with Gasteiger partial charge in [-0.3, -0.25) is 0 Å². The van der Waals surface area contributed by atoms with E-state index in [4.69, 9.17) is 14.2 Å². The maximum absolute atomic E-state index is 12.8. The third-order valence-corrected chi connectivity index (χ3v) is 4.02. The maximum Gasteiger partial charge on any atom is 0.408 e. The zero-order chi connectivity index (χ0) is 22.9. The van der Waals surface area contributed by atoms with Crippen molar-refractivity contribution >= 4 is 18.0 Å². The Morgan fingerprint density at radius 1 is 0.967 bits per heavy atom. The van der Waals surface area contributed by atoms with Crippen molar-refractivity contribution in [1.29, 1.82) is 0 Å². The van der Waals surface area contributed by atoms with Crippen molar-refractivity contribution in [3.05, 3.63) is 35.9 Å². The minimum absolute atomic E-state index is 0.0928. The van der Waals surface area contributed by atoms with Gasteiger partial charge < -0.3 is 19.5 Å². The summed E-state index contributed by atoms with van der Waals surface area (Å²) in [5, 5.41) is 2.54. The smallest absolute Gasteiger partial charge is 0.408 e. The van der Waals surface area contributed by atoms with Gasteiger partial charge >= 0.3 is 18.0 Å². The molecule has 0 saturated heterocycles. The number of benzene rings is 1. The van der Waals surface area contributed by atoms with Crippen LogP contribution in [-0.2, 0) is 30.4 Å². The monoisotopic (exact) mass is 421 g/mol. The Balaban J connectivity index is 2.80. The second-order valence-corrected chi connectivity index (χ2v) is 9.02. The molecule has 1 N–H and O–H groups in total. The largest absolute Gasteiger partial charge is 0.458 e. The highest BCUT2D eigenvalue weighted by molar-refractivity contribution is 5.84. The van der Waals surface area contributed by atoms with Crippen LogP contribution in [0.15, 0.2) is 30.3 Å². The Morgan fingerprint density at radius 3 is 2.07 bits per heavy atom. The number of hydrogen-bond acceptors (Lipinski definition) is 6. The molecule has 0 spiro atoms. The van der Waals surface area contributed by atoms with Crippen LogP contribution in [-0.4, -0.2) is 35.8 Å². The minimum Gasteiger partial charge on any atom is -0.458 e. The molecule has 0 radical (unpaired) electrons. The molecule has 0 aliphatic carbocycles. The first-order chi connectivity index (χ1) is 13.9. The third-order valence-electron chi connectivity index (χ3n) is 4.02. The first kappa shape index (κ1) is 25.5. The Bertz CT molecular complexity index is 693. The van der Waals surface area contributed by atoms with Gasteiger partial charge in [-0.15, -0.1) is 0 Å². The van der Waals surface area contributed by atoms with E-state index in [2.05, 4.69) is 5.32 Å². The first-order valence-corrected chi connectivity index (χ1v) is 10.3. The zero-order valence-corrected chi connectivity index (χ0v) is 19.1. The van der Waals surface area contributed by atoms with E-state index in [1.807, 2.05) is 44.2 Å². The van der Waals surface area contributed by atoms with Crippen molar-refractivity contribution in [2.45, 2.75) is 79.2 Å². The molecule has 0 saturated carbocycles. The van der Waals surface area contributed by atoms with E-state index in [1.165, 1.54) is 0 Å². The molecule has 0 unspecified atom stereocenters. The van der Waals surface area contributed by atoms with Crippen molar-refractivity contribution in [1.82, 2.24) is 5.32 Å². The Morgan fingerprint density at radius 2 is 1.57 bits per heavy atom. The van der Waals surface area contributed by atoms with Crippen molar-refractivity contribution in [2.24, 2.45) is 11.8 Å². The lowest BCUT2D eigenvalue weighted by Gasteiger charge is -2.26. The number of ether oxygens (including phenoxy) is 3. The highest BCUT2D eigenvalue weighted by atomic mass is 16.6. The van der Waals surface area contributed by atoms with Crippen LogP contribution in [0, 0.1) is 11.8 Å². The molecule has 0 fully saturated rings. The third kappa shape index (κ3) is 9.76. The van der Waals surface area contributed by atoms with Crippen LogP contribution in [0.25, 0.3) is 0 Å². The molecule has 7 nitrogen and oxygen atoms in total. The molecule has 168 valence electrons. The molecule has 1 rings (SSSR count). The summed E-state index contributed by atoms with van der Waals surface area (Å²) in [6, 6.07) is 8.32. The number of amides is 1. The van der Waals surface area contributed by atoms with Crippen LogP contribution >= 0.6 is 0 Å². The van der Waals surface area contributed by atoms with Crippen LogP contribution in [0.3, 0.4) is 0 Å². The number of nitrogens with one attached hydrogen (secondary N) is 1. The number of alkyl carbamates (subject to hydrolysis) is 1. The number of hydrogen-bond donors (Lipinski definition) is 1. The van der Waals surface area contributed by atoms with Crippen LogP contribution < -0.4 is 5.32 Å². The number of carbonyl (C=O) groups excluding carboxylic acids is 3. The summed E-state index contributed by atoms with van der Waals surface area (Å²) in [5.74, 6) is -1.47. The summed E-state index contributed by atoms with van der Waals surface area (Å²) in [6.07, 6.45) is -1.45. The van der Waals surface area contributed by atoms with Gasteiger partial charge in [-0.05, 0) is 44.6 Å². The number of rotatable bonds is 9. The molecular formula is C23H35NO6. The average Bonchev–Trinajstić information content (AvgIpc) is 2.62. The van der Waals surface area contributed by atoms with Crippen LogP contribution in [0.1, 0.15) is 60.5 Å². The van der Waals surface area contributed by atoms with Gasteiger partial charge in [-0.1, -0.05) is 58.0 Å². The van der Waals surface area contributed by atoms with E-state index in [0.717, 1.165) is 5.56 Å². The van der Waals surface area contributed by atoms with Gasteiger partial charge in [0.05, 0.1) is 0 Å². The second-order valence-electron chi connectivity index (χ2n) is 9.02. The summed E-state index contributed by atoms with van der Waals surface area (Å²) in [6.45, 7) is 12.7. The Kier molecular flexibility index (Phi) is 9.82. The molecule has 2 atom stereocenters. The highest BCUT2D eigenvalue weighted by Crippen LogP contribution is 2.15. The average molecular weight is 422 g/mol. The van der Waals surface area contributed by atoms with Crippen LogP contribution in [0.5, 0.6) is 0 Å². The first-order valence-electron chi connectivity index (χ1n) is 10.3. The Labute approximate surface area is 179 Å². The normalized spacial score (nSPS) is 13.5. The molecule has 30 heavy (non-hydrogen) atoms. The van der Waals surface area contributed by atoms with Gasteiger partial charge in [0, 0.05) is 0 Å². The number of carbonyl (C=O) groups is 3. The molecule has 1 aromatic carbocycles. The van der Waals surface area contributed by atoms with Gasteiger partial charge in [-0.25, -0.2) is 14.4 Å². The van der Waals surface area contributed by atoms with E-state index in [9.17, 15) is 14.4 Å². The fourth-order valence-electron chi connectivity index (χ4n) is 2.59. The van der Waals surface area contributed by atoms with E-state index >= 15 is 0 Å². The van der Waals surface area contributed by atoms with Crippen LogP contribution in [0.2, 0.25) is 0 Å². The van der Waals surface area contributed by atoms with E-state index in [1.54, 1.807) is 34.6 Å². The van der Waals surface area contributed by atoms with Gasteiger partial charge in [0.2, 0.25) is 0 Å². The lowest BCUT2D eigenvalue weighted by molar-refractivity contribution is -0.171. The van der Waals surface area contributed by atoms with E-state index in [0.29, 0.717) is 6.42 Å². The van der Waals surface area contributed by atoms with Gasteiger partial charge in [0.15, 0.2) is 6.10 Å². The summed E-state index contributed by atoms with van der Waals surface area (Å²) in [4.78, 5) is 37.4. The molecular weight excluding hydrogens is 386 g/mol. The summed E-state index contributed by atoms with van der Waals surface area (Å²) >= 11 is 0. The van der Waals surface area contributed by atoms with Crippen molar-refractivity contribution in [2.75, 3.05) is 0 Å². The Hall–Kier alpha value is -2.57. The standard InChI is InChI=1S/C23H35NO6/c1-15(2)13-18(20(25)28-14-17-11-9-8-10-12-17)29-21(26)19(16(3)4)24-22(27)30-23(5,6)7/h8-12,15-16,18-19H,13-14H2,1-7H3,(H,24,27)/t18-,19+/m1/s1. The van der Waals surface area contributed by atoms with Crippen molar-refractivity contribution in [3.63, 3.8) is 0 Å². The van der Waals surface area contributed by atoms with Crippen molar-refractivity contribution < 1.29 is 28.6 Å². The second kappa shape index (κ2) is 11.6. The molecule has 1 amide bonds. The summed E-state index contributed by atoms with van der Waals surface area (Å²) < 4.78 is 16.1. The molecule has 0 heterocycles. The van der Waals surface area contributed by atoms with Gasteiger partial charge in [-0.2, -0.15) is 0 Å². The molecule has 0 aliphatic rings. The zero-order valence-electron chi connectivity index (χ0n) is 19.1. The quantitative estimate of drug-likeness (QED) is 0.474. The van der Waals surface area contributed by atoms with E-state index < -0.39 is 35.8 Å². The molecule has 7 heteroatoms. The molecule has 0 aliphatic heterocycles. The molecule has 0 bridgehead atoms. The SMILES string of the molecule is CC(C)C[C@@H](OC(=O)[C@@H](NC(=O)OC(C)(C)C)C(C)C)C(=O)OCc1ccccc1. The summed E-state index contributed by atoms with van der Waals surface area (Å²) in [5.41, 5.74) is 0.142.